The van der Waals surface area contributed by atoms with E-state index >= 15 is 0 Å². The highest BCUT2D eigenvalue weighted by molar-refractivity contribution is 6.31. The van der Waals surface area contributed by atoms with E-state index in [1.807, 2.05) is 38.1 Å². The van der Waals surface area contributed by atoms with Gasteiger partial charge in [0.2, 0.25) is 11.9 Å². The van der Waals surface area contributed by atoms with Crippen LogP contribution in [0.1, 0.15) is 12.5 Å². The molecule has 2 aromatic rings. The van der Waals surface area contributed by atoms with Gasteiger partial charge in [0.15, 0.2) is 0 Å². The smallest absolute Gasteiger partial charge is 0.241 e. The van der Waals surface area contributed by atoms with Crippen LogP contribution in [0, 0.1) is 6.92 Å². The standard InChI is InChI=1S/C18H22ClN5O/c1-13-15(19)5-3-6-16(13)22-17(25)14(2)23-9-11-24(12-10-23)18-20-7-4-8-21-18/h3-8,14H,9-12H2,1-2H3,(H,22,25)/t14-/m0/s1. The second-order valence-electron chi connectivity index (χ2n) is 6.15. The minimum Gasteiger partial charge on any atom is -0.338 e. The van der Waals surface area contributed by atoms with Crippen molar-refractivity contribution in [3.05, 3.63) is 47.2 Å². The van der Waals surface area contributed by atoms with Crippen molar-refractivity contribution in [1.29, 1.82) is 0 Å². The Labute approximate surface area is 152 Å². The van der Waals surface area contributed by atoms with Crippen LogP contribution in [0.15, 0.2) is 36.7 Å². The summed E-state index contributed by atoms with van der Waals surface area (Å²) in [6, 6.07) is 7.13. The Morgan fingerprint density at radius 3 is 2.52 bits per heavy atom. The number of nitrogens with zero attached hydrogens (tertiary/aromatic N) is 4. The van der Waals surface area contributed by atoms with Gasteiger partial charge in [-0.1, -0.05) is 17.7 Å². The summed E-state index contributed by atoms with van der Waals surface area (Å²) in [4.78, 5) is 25.5. The number of piperazine rings is 1. The van der Waals surface area contributed by atoms with E-state index in [1.165, 1.54) is 0 Å². The number of carbonyl (C=O) groups is 1. The van der Waals surface area contributed by atoms with Crippen molar-refractivity contribution in [3.63, 3.8) is 0 Å². The summed E-state index contributed by atoms with van der Waals surface area (Å²) in [6.45, 7) is 7.03. The average molecular weight is 360 g/mol. The molecule has 132 valence electrons. The highest BCUT2D eigenvalue weighted by Gasteiger charge is 2.26. The number of halogens is 1. The van der Waals surface area contributed by atoms with Crippen LogP contribution in [0.3, 0.4) is 0 Å². The fourth-order valence-corrected chi connectivity index (χ4v) is 3.08. The molecule has 0 aliphatic carbocycles. The summed E-state index contributed by atoms with van der Waals surface area (Å²) in [6.07, 6.45) is 3.50. The Morgan fingerprint density at radius 1 is 1.16 bits per heavy atom. The maximum Gasteiger partial charge on any atom is 0.241 e. The predicted molar refractivity (Wildman–Crippen MR) is 100 cm³/mol. The zero-order valence-corrected chi connectivity index (χ0v) is 15.2. The summed E-state index contributed by atoms with van der Waals surface area (Å²) < 4.78 is 0. The minimum absolute atomic E-state index is 0.0187. The molecule has 7 heteroatoms. The number of nitrogens with one attached hydrogen (secondary N) is 1. The van der Waals surface area contributed by atoms with Crippen LogP contribution >= 0.6 is 11.6 Å². The predicted octanol–water partition coefficient (Wildman–Crippen LogP) is 2.59. The molecular formula is C18H22ClN5O. The second kappa shape index (κ2) is 7.80. The van der Waals surface area contributed by atoms with Crippen molar-refractivity contribution in [2.45, 2.75) is 19.9 Å². The van der Waals surface area contributed by atoms with E-state index in [9.17, 15) is 4.79 Å². The fourth-order valence-electron chi connectivity index (χ4n) is 2.91. The van der Waals surface area contributed by atoms with Gasteiger partial charge in [-0.2, -0.15) is 0 Å². The molecule has 0 bridgehead atoms. The number of amides is 1. The number of hydrogen-bond donors (Lipinski definition) is 1. The normalized spacial score (nSPS) is 16.5. The van der Waals surface area contributed by atoms with Crippen molar-refractivity contribution in [2.24, 2.45) is 0 Å². The first-order chi connectivity index (χ1) is 12.1. The molecule has 1 aliphatic rings. The first-order valence-corrected chi connectivity index (χ1v) is 8.76. The van der Waals surface area contributed by atoms with Crippen LogP contribution in [-0.2, 0) is 4.79 Å². The highest BCUT2D eigenvalue weighted by Crippen LogP contribution is 2.23. The largest absolute Gasteiger partial charge is 0.338 e. The molecule has 0 saturated carbocycles. The summed E-state index contributed by atoms with van der Waals surface area (Å²) in [7, 11) is 0. The third-order valence-electron chi connectivity index (χ3n) is 4.60. The van der Waals surface area contributed by atoms with Crippen LogP contribution in [0.2, 0.25) is 5.02 Å². The lowest BCUT2D eigenvalue weighted by Crippen LogP contribution is -2.53. The van der Waals surface area contributed by atoms with Crippen LogP contribution in [0.25, 0.3) is 0 Å². The van der Waals surface area contributed by atoms with Crippen molar-refractivity contribution in [1.82, 2.24) is 14.9 Å². The fraction of sp³-hybridized carbons (Fsp3) is 0.389. The Hall–Kier alpha value is -2.18. The van der Waals surface area contributed by atoms with E-state index in [-0.39, 0.29) is 11.9 Å². The minimum atomic E-state index is -0.211. The van der Waals surface area contributed by atoms with Gasteiger partial charge in [0, 0.05) is 49.3 Å². The van der Waals surface area contributed by atoms with Gasteiger partial charge in [0.25, 0.3) is 0 Å². The van der Waals surface area contributed by atoms with Gasteiger partial charge < -0.3 is 10.2 Å². The summed E-state index contributed by atoms with van der Waals surface area (Å²) in [5, 5.41) is 3.64. The van der Waals surface area contributed by atoms with E-state index < -0.39 is 0 Å². The molecule has 1 aromatic carbocycles. The third kappa shape index (κ3) is 4.08. The third-order valence-corrected chi connectivity index (χ3v) is 5.01. The van der Waals surface area contributed by atoms with Gasteiger partial charge in [-0.25, -0.2) is 9.97 Å². The summed E-state index contributed by atoms with van der Waals surface area (Å²) in [5.41, 5.74) is 1.65. The van der Waals surface area contributed by atoms with Gasteiger partial charge in [0.05, 0.1) is 6.04 Å². The SMILES string of the molecule is Cc1c(Cl)cccc1NC(=O)[C@H](C)N1CCN(c2ncccn2)CC1. The molecule has 0 spiro atoms. The Morgan fingerprint density at radius 2 is 1.84 bits per heavy atom. The first kappa shape index (κ1) is 17.6. The van der Waals surface area contributed by atoms with E-state index in [0.29, 0.717) is 5.02 Å². The zero-order chi connectivity index (χ0) is 17.8. The highest BCUT2D eigenvalue weighted by atomic mass is 35.5. The molecule has 1 aliphatic heterocycles. The van der Waals surface area contributed by atoms with Gasteiger partial charge in [-0.3, -0.25) is 9.69 Å². The molecule has 1 fully saturated rings. The number of benzene rings is 1. The van der Waals surface area contributed by atoms with Crippen molar-refractivity contribution >= 4 is 29.1 Å². The van der Waals surface area contributed by atoms with E-state index in [2.05, 4.69) is 25.1 Å². The molecule has 6 nitrogen and oxygen atoms in total. The Balaban J connectivity index is 1.58. The van der Waals surface area contributed by atoms with Gasteiger partial charge in [-0.05, 0) is 37.6 Å². The van der Waals surface area contributed by atoms with Crippen LogP contribution < -0.4 is 10.2 Å². The molecule has 25 heavy (non-hydrogen) atoms. The molecule has 1 atom stereocenters. The average Bonchev–Trinajstić information content (AvgIpc) is 2.65. The topological polar surface area (TPSA) is 61.4 Å². The van der Waals surface area contributed by atoms with Gasteiger partial charge in [0.1, 0.15) is 0 Å². The molecular weight excluding hydrogens is 338 g/mol. The lowest BCUT2D eigenvalue weighted by molar-refractivity contribution is -0.120. The lowest BCUT2D eigenvalue weighted by atomic mass is 10.1. The molecule has 3 rings (SSSR count). The second-order valence-corrected chi connectivity index (χ2v) is 6.56. The van der Waals surface area contributed by atoms with Crippen LogP contribution in [0.5, 0.6) is 0 Å². The molecule has 1 N–H and O–H groups in total. The van der Waals surface area contributed by atoms with Crippen molar-refractivity contribution in [2.75, 3.05) is 36.4 Å². The Bertz CT molecular complexity index is 732. The van der Waals surface area contributed by atoms with Crippen molar-refractivity contribution < 1.29 is 4.79 Å². The van der Waals surface area contributed by atoms with Gasteiger partial charge >= 0.3 is 0 Å². The quantitative estimate of drug-likeness (QED) is 0.909. The molecule has 1 amide bonds. The summed E-state index contributed by atoms with van der Waals surface area (Å²) >= 11 is 6.12. The number of aromatic nitrogens is 2. The van der Waals surface area contributed by atoms with E-state index in [4.69, 9.17) is 11.6 Å². The zero-order valence-electron chi connectivity index (χ0n) is 14.4. The van der Waals surface area contributed by atoms with E-state index in [1.54, 1.807) is 12.4 Å². The monoisotopic (exact) mass is 359 g/mol. The molecule has 2 heterocycles. The Kier molecular flexibility index (Phi) is 5.50. The van der Waals surface area contributed by atoms with E-state index in [0.717, 1.165) is 43.4 Å². The molecule has 0 radical (unpaired) electrons. The molecule has 1 aromatic heterocycles. The molecule has 0 unspecified atom stereocenters. The number of hydrogen-bond acceptors (Lipinski definition) is 5. The van der Waals surface area contributed by atoms with Crippen LogP contribution in [0.4, 0.5) is 11.6 Å². The summed E-state index contributed by atoms with van der Waals surface area (Å²) in [5.74, 6) is 0.726. The maximum absolute atomic E-state index is 12.6. The van der Waals surface area contributed by atoms with Crippen molar-refractivity contribution in [3.8, 4) is 0 Å². The van der Waals surface area contributed by atoms with Crippen LogP contribution in [-0.4, -0.2) is 53.0 Å². The number of rotatable bonds is 4. The lowest BCUT2D eigenvalue weighted by Gasteiger charge is -2.37. The maximum atomic E-state index is 12.6. The van der Waals surface area contributed by atoms with Gasteiger partial charge in [-0.15, -0.1) is 0 Å². The molecule has 1 saturated heterocycles. The first-order valence-electron chi connectivity index (χ1n) is 8.38. The number of anilines is 2. The number of carbonyl (C=O) groups excluding carboxylic acids is 1.